The molecule has 0 fully saturated rings. The highest BCUT2D eigenvalue weighted by molar-refractivity contribution is 7.98. The summed E-state index contributed by atoms with van der Waals surface area (Å²) in [5.74, 6) is 1.43. The van der Waals surface area contributed by atoms with Gasteiger partial charge < -0.3 is 9.84 Å². The second-order valence-electron chi connectivity index (χ2n) is 4.42. The Balaban J connectivity index is 1.92. The van der Waals surface area contributed by atoms with Crippen LogP contribution in [0.15, 0.2) is 33.7 Å². The highest BCUT2D eigenvalue weighted by Crippen LogP contribution is 2.22. The van der Waals surface area contributed by atoms with Crippen LogP contribution >= 0.6 is 11.8 Å². The van der Waals surface area contributed by atoms with E-state index in [1.807, 2.05) is 13.8 Å². The third kappa shape index (κ3) is 3.77. The predicted molar refractivity (Wildman–Crippen MR) is 73.8 cm³/mol. The van der Waals surface area contributed by atoms with Gasteiger partial charge in [-0.15, -0.1) is 11.8 Å². The minimum Gasteiger partial charge on any atom is -0.336 e. The van der Waals surface area contributed by atoms with Gasteiger partial charge in [0.1, 0.15) is 0 Å². The number of thioether (sulfide) groups is 1. The number of benzene rings is 1. The van der Waals surface area contributed by atoms with Crippen molar-refractivity contribution in [3.8, 4) is 0 Å². The molecule has 1 aromatic carbocycles. The molecule has 0 atom stereocenters. The van der Waals surface area contributed by atoms with Gasteiger partial charge in [-0.2, -0.15) is 4.98 Å². The number of rotatable bonds is 5. The van der Waals surface area contributed by atoms with E-state index in [9.17, 15) is 0 Å². The average Bonchev–Trinajstić information content (AvgIpc) is 2.73. The Labute approximate surface area is 111 Å². The first kappa shape index (κ1) is 13.0. The van der Waals surface area contributed by atoms with E-state index in [4.69, 9.17) is 4.52 Å². The second kappa shape index (κ2) is 5.91. The van der Waals surface area contributed by atoms with Crippen LogP contribution in [-0.4, -0.2) is 16.2 Å². The van der Waals surface area contributed by atoms with E-state index < -0.39 is 0 Å². The minimum absolute atomic E-state index is 0.294. The SMILES string of the molecule is Cc1cccc(SCc2noc(NC(C)C)n2)c1. The lowest BCUT2D eigenvalue weighted by atomic mass is 10.2. The van der Waals surface area contributed by atoms with E-state index >= 15 is 0 Å². The van der Waals surface area contributed by atoms with Gasteiger partial charge in [0.05, 0.1) is 5.75 Å². The standard InChI is InChI=1S/C13H17N3OS/c1-9(2)14-13-15-12(16-17-13)8-18-11-6-4-5-10(3)7-11/h4-7,9H,8H2,1-3H3,(H,14,15,16). The third-order valence-electron chi connectivity index (χ3n) is 2.24. The van der Waals surface area contributed by atoms with Crippen LogP contribution in [0.3, 0.4) is 0 Å². The topological polar surface area (TPSA) is 51.0 Å². The lowest BCUT2D eigenvalue weighted by Gasteiger charge is -2.01. The number of anilines is 1. The molecule has 0 spiro atoms. The fourth-order valence-electron chi connectivity index (χ4n) is 1.47. The summed E-state index contributed by atoms with van der Waals surface area (Å²) < 4.78 is 5.10. The van der Waals surface area contributed by atoms with Crippen LogP contribution in [0.2, 0.25) is 0 Å². The maximum absolute atomic E-state index is 5.10. The van der Waals surface area contributed by atoms with E-state index in [1.54, 1.807) is 11.8 Å². The first-order valence-electron chi connectivity index (χ1n) is 5.92. The minimum atomic E-state index is 0.294. The Morgan fingerprint density at radius 2 is 2.22 bits per heavy atom. The maximum Gasteiger partial charge on any atom is 0.321 e. The lowest BCUT2D eigenvalue weighted by molar-refractivity contribution is 0.422. The van der Waals surface area contributed by atoms with Crippen molar-refractivity contribution < 1.29 is 4.52 Å². The molecule has 96 valence electrons. The Kier molecular flexibility index (Phi) is 4.25. The largest absolute Gasteiger partial charge is 0.336 e. The van der Waals surface area contributed by atoms with Crippen LogP contribution in [0.4, 0.5) is 6.01 Å². The highest BCUT2D eigenvalue weighted by Gasteiger charge is 2.07. The number of nitrogens with one attached hydrogen (secondary N) is 1. The molecule has 1 N–H and O–H groups in total. The Morgan fingerprint density at radius 3 is 2.94 bits per heavy atom. The molecule has 1 heterocycles. The number of hydrogen-bond acceptors (Lipinski definition) is 5. The molecular formula is C13H17N3OS. The molecule has 0 radical (unpaired) electrons. The molecule has 18 heavy (non-hydrogen) atoms. The van der Waals surface area contributed by atoms with E-state index in [1.165, 1.54) is 10.5 Å². The summed E-state index contributed by atoms with van der Waals surface area (Å²) in [6, 6.07) is 9.17. The summed E-state index contributed by atoms with van der Waals surface area (Å²) in [7, 11) is 0. The molecule has 2 rings (SSSR count). The Morgan fingerprint density at radius 1 is 1.39 bits per heavy atom. The smallest absolute Gasteiger partial charge is 0.321 e. The van der Waals surface area contributed by atoms with Crippen LogP contribution in [0, 0.1) is 6.92 Å². The zero-order valence-corrected chi connectivity index (χ0v) is 11.6. The van der Waals surface area contributed by atoms with E-state index in [-0.39, 0.29) is 0 Å². The second-order valence-corrected chi connectivity index (χ2v) is 5.47. The number of nitrogens with zero attached hydrogens (tertiary/aromatic N) is 2. The molecular weight excluding hydrogens is 246 g/mol. The van der Waals surface area contributed by atoms with Gasteiger partial charge in [0.2, 0.25) is 0 Å². The van der Waals surface area contributed by atoms with Gasteiger partial charge in [-0.25, -0.2) is 0 Å². The molecule has 0 aliphatic carbocycles. The van der Waals surface area contributed by atoms with Gasteiger partial charge in [0, 0.05) is 10.9 Å². The fourth-order valence-corrected chi connectivity index (χ4v) is 2.33. The van der Waals surface area contributed by atoms with E-state index in [0.717, 1.165) is 0 Å². The molecule has 4 nitrogen and oxygen atoms in total. The lowest BCUT2D eigenvalue weighted by Crippen LogP contribution is -2.09. The summed E-state index contributed by atoms with van der Waals surface area (Å²) in [6.45, 7) is 6.15. The monoisotopic (exact) mass is 263 g/mol. The molecule has 0 unspecified atom stereocenters. The molecule has 0 amide bonds. The Bertz CT molecular complexity index is 510. The van der Waals surface area contributed by atoms with Crippen molar-refractivity contribution >= 4 is 17.8 Å². The van der Waals surface area contributed by atoms with Crippen molar-refractivity contribution in [3.05, 3.63) is 35.7 Å². The molecule has 0 aliphatic heterocycles. The summed E-state index contributed by atoms with van der Waals surface area (Å²) in [5.41, 5.74) is 1.26. The predicted octanol–water partition coefficient (Wildman–Crippen LogP) is 3.49. The van der Waals surface area contributed by atoms with Crippen molar-refractivity contribution in [2.24, 2.45) is 0 Å². The summed E-state index contributed by atoms with van der Waals surface area (Å²) in [4.78, 5) is 5.50. The molecule has 0 saturated carbocycles. The van der Waals surface area contributed by atoms with Gasteiger partial charge in [0.15, 0.2) is 5.82 Å². The normalized spacial score (nSPS) is 10.9. The van der Waals surface area contributed by atoms with Crippen molar-refractivity contribution in [1.82, 2.24) is 10.1 Å². The Hall–Kier alpha value is -1.49. The zero-order chi connectivity index (χ0) is 13.0. The van der Waals surface area contributed by atoms with Crippen LogP contribution < -0.4 is 5.32 Å². The first-order chi connectivity index (χ1) is 8.63. The van der Waals surface area contributed by atoms with Crippen molar-refractivity contribution in [2.45, 2.75) is 37.5 Å². The van der Waals surface area contributed by atoms with Gasteiger partial charge in [0.25, 0.3) is 0 Å². The highest BCUT2D eigenvalue weighted by atomic mass is 32.2. The van der Waals surface area contributed by atoms with Crippen molar-refractivity contribution in [2.75, 3.05) is 5.32 Å². The van der Waals surface area contributed by atoms with E-state index in [2.05, 4.69) is 46.6 Å². The summed E-state index contributed by atoms with van der Waals surface area (Å²) in [6.07, 6.45) is 0. The molecule has 0 saturated heterocycles. The van der Waals surface area contributed by atoms with Crippen LogP contribution in [0.5, 0.6) is 0 Å². The number of aryl methyl sites for hydroxylation is 1. The summed E-state index contributed by atoms with van der Waals surface area (Å²) in [5, 5.41) is 7.02. The first-order valence-corrected chi connectivity index (χ1v) is 6.90. The number of aromatic nitrogens is 2. The van der Waals surface area contributed by atoms with Gasteiger partial charge in [-0.1, -0.05) is 22.9 Å². The fraction of sp³-hybridized carbons (Fsp3) is 0.385. The molecule has 2 aromatic rings. The summed E-state index contributed by atoms with van der Waals surface area (Å²) >= 11 is 1.71. The molecule has 0 aliphatic rings. The van der Waals surface area contributed by atoms with E-state index in [0.29, 0.717) is 23.6 Å². The van der Waals surface area contributed by atoms with Gasteiger partial charge in [-0.3, -0.25) is 0 Å². The quantitative estimate of drug-likeness (QED) is 0.837. The van der Waals surface area contributed by atoms with Gasteiger partial charge in [-0.05, 0) is 32.9 Å². The molecule has 1 aromatic heterocycles. The average molecular weight is 263 g/mol. The third-order valence-corrected chi connectivity index (χ3v) is 3.23. The van der Waals surface area contributed by atoms with Crippen LogP contribution in [0.25, 0.3) is 0 Å². The van der Waals surface area contributed by atoms with Crippen LogP contribution in [0.1, 0.15) is 25.2 Å². The molecule has 0 bridgehead atoms. The van der Waals surface area contributed by atoms with Crippen LogP contribution in [-0.2, 0) is 5.75 Å². The maximum atomic E-state index is 5.10. The zero-order valence-electron chi connectivity index (χ0n) is 10.8. The van der Waals surface area contributed by atoms with Crippen molar-refractivity contribution in [3.63, 3.8) is 0 Å². The van der Waals surface area contributed by atoms with Gasteiger partial charge >= 0.3 is 6.01 Å². The van der Waals surface area contributed by atoms with Crippen molar-refractivity contribution in [1.29, 1.82) is 0 Å². The molecule has 5 heteroatoms. The number of hydrogen-bond donors (Lipinski definition) is 1.